The molecule has 0 aliphatic rings. The van der Waals surface area contributed by atoms with Crippen molar-refractivity contribution in [2.75, 3.05) is 6.61 Å². The molecule has 2 N–H and O–H groups in total. The summed E-state index contributed by atoms with van der Waals surface area (Å²) in [5.41, 5.74) is 0.123. The van der Waals surface area contributed by atoms with Gasteiger partial charge in [0.2, 0.25) is 0 Å². The topological polar surface area (TPSA) is 75.6 Å². The molecule has 0 unspecified atom stereocenters. The number of ether oxygens (including phenoxy) is 1. The van der Waals surface area contributed by atoms with Crippen LogP contribution in [0.4, 0.5) is 0 Å². The van der Waals surface area contributed by atoms with Crippen LogP contribution < -0.4 is 10.1 Å². The van der Waals surface area contributed by atoms with E-state index in [1.807, 2.05) is 13.8 Å². The van der Waals surface area contributed by atoms with Crippen molar-refractivity contribution in [1.29, 1.82) is 0 Å². The molecule has 0 saturated heterocycles. The number of aromatic carboxylic acids is 1. The minimum Gasteiger partial charge on any atom is -0.481 e. The van der Waals surface area contributed by atoms with E-state index in [0.29, 0.717) is 14.7 Å². The maximum absolute atomic E-state index is 11.5. The fourth-order valence-electron chi connectivity index (χ4n) is 1.32. The minimum absolute atomic E-state index is 0.0392. The zero-order valence-corrected chi connectivity index (χ0v) is 13.5. The number of carbonyl (C=O) groups excluding carboxylic acids is 1. The van der Waals surface area contributed by atoms with Crippen molar-refractivity contribution in [2.24, 2.45) is 0 Å². The van der Waals surface area contributed by atoms with Crippen LogP contribution in [0.25, 0.3) is 0 Å². The quantitative estimate of drug-likeness (QED) is 0.805. The molecule has 0 aliphatic heterocycles. The smallest absolute Gasteiger partial charge is 0.335 e. The molecule has 1 rings (SSSR count). The van der Waals surface area contributed by atoms with E-state index in [1.54, 1.807) is 0 Å². The highest BCUT2D eigenvalue weighted by Gasteiger charge is 2.14. The van der Waals surface area contributed by atoms with Crippen LogP contribution in [0.1, 0.15) is 24.2 Å². The second-order valence-corrected chi connectivity index (χ2v) is 5.79. The average Bonchev–Trinajstić information content (AvgIpc) is 2.26. The first-order chi connectivity index (χ1) is 8.81. The number of amides is 1. The number of nitrogens with one attached hydrogen (secondary N) is 1. The summed E-state index contributed by atoms with van der Waals surface area (Å²) in [6.07, 6.45) is 0. The molecule has 0 aromatic heterocycles. The fraction of sp³-hybridized carbons (Fsp3) is 0.333. The van der Waals surface area contributed by atoms with Gasteiger partial charge in [-0.15, -0.1) is 0 Å². The lowest BCUT2D eigenvalue weighted by Crippen LogP contribution is -2.34. The third kappa shape index (κ3) is 4.83. The Morgan fingerprint density at radius 1 is 1.32 bits per heavy atom. The minimum atomic E-state index is -1.04. The Labute approximate surface area is 127 Å². The Kier molecular flexibility index (Phi) is 5.81. The molecule has 0 saturated carbocycles. The van der Waals surface area contributed by atoms with Crippen LogP contribution >= 0.6 is 31.9 Å². The van der Waals surface area contributed by atoms with Crippen LogP contribution in [0.2, 0.25) is 0 Å². The molecule has 0 bridgehead atoms. The maximum Gasteiger partial charge on any atom is 0.335 e. The summed E-state index contributed by atoms with van der Waals surface area (Å²) in [5.74, 6) is -0.884. The number of halogens is 2. The molecule has 0 radical (unpaired) electrons. The Bertz CT molecular complexity index is 479. The van der Waals surface area contributed by atoms with Crippen LogP contribution in [0, 0.1) is 0 Å². The van der Waals surface area contributed by atoms with E-state index in [9.17, 15) is 9.59 Å². The zero-order chi connectivity index (χ0) is 14.6. The summed E-state index contributed by atoms with van der Waals surface area (Å²) in [4.78, 5) is 22.3. The molecule has 19 heavy (non-hydrogen) atoms. The molecule has 0 fully saturated rings. The van der Waals surface area contributed by atoms with Gasteiger partial charge in [0.05, 0.1) is 14.5 Å². The number of carboxylic acid groups (broad SMARTS) is 1. The van der Waals surface area contributed by atoms with Crippen molar-refractivity contribution >= 4 is 43.7 Å². The standard InChI is InChI=1S/C12H13Br2NO4/c1-6(2)15-10(16)5-19-11-8(13)3-7(12(17)18)4-9(11)14/h3-4,6H,5H2,1-2H3,(H,15,16)(H,17,18). The van der Waals surface area contributed by atoms with Gasteiger partial charge in [-0.05, 0) is 57.8 Å². The SMILES string of the molecule is CC(C)NC(=O)COc1c(Br)cc(C(=O)O)cc1Br. The molecule has 0 heterocycles. The predicted molar refractivity (Wildman–Crippen MR) is 77.6 cm³/mol. The van der Waals surface area contributed by atoms with Gasteiger partial charge in [-0.1, -0.05) is 0 Å². The summed E-state index contributed by atoms with van der Waals surface area (Å²) in [6, 6.07) is 2.88. The highest BCUT2D eigenvalue weighted by molar-refractivity contribution is 9.11. The van der Waals surface area contributed by atoms with E-state index in [0.717, 1.165) is 0 Å². The second-order valence-electron chi connectivity index (χ2n) is 4.09. The van der Waals surface area contributed by atoms with Gasteiger partial charge in [-0.25, -0.2) is 4.79 Å². The third-order valence-electron chi connectivity index (χ3n) is 2.04. The fourth-order valence-corrected chi connectivity index (χ4v) is 2.74. The molecule has 104 valence electrons. The van der Waals surface area contributed by atoms with E-state index in [1.165, 1.54) is 12.1 Å². The van der Waals surface area contributed by atoms with E-state index < -0.39 is 5.97 Å². The Morgan fingerprint density at radius 3 is 2.26 bits per heavy atom. The van der Waals surface area contributed by atoms with Gasteiger partial charge < -0.3 is 15.2 Å². The molecule has 1 aromatic carbocycles. The van der Waals surface area contributed by atoms with E-state index in [2.05, 4.69) is 37.2 Å². The number of hydrogen-bond donors (Lipinski definition) is 2. The van der Waals surface area contributed by atoms with Gasteiger partial charge in [0, 0.05) is 6.04 Å². The zero-order valence-electron chi connectivity index (χ0n) is 10.4. The lowest BCUT2D eigenvalue weighted by molar-refractivity contribution is -0.123. The van der Waals surface area contributed by atoms with Gasteiger partial charge in [0.15, 0.2) is 6.61 Å². The Hall–Kier alpha value is -1.08. The number of carbonyl (C=O) groups is 2. The summed E-state index contributed by atoms with van der Waals surface area (Å²) in [7, 11) is 0. The van der Waals surface area contributed by atoms with Crippen LogP contribution in [-0.2, 0) is 4.79 Å². The molecule has 0 atom stereocenters. The van der Waals surface area contributed by atoms with Crippen molar-refractivity contribution in [2.45, 2.75) is 19.9 Å². The first-order valence-electron chi connectivity index (χ1n) is 5.45. The molecule has 5 nitrogen and oxygen atoms in total. The second kappa shape index (κ2) is 6.91. The molecule has 0 aliphatic carbocycles. The largest absolute Gasteiger partial charge is 0.481 e. The monoisotopic (exact) mass is 393 g/mol. The van der Waals surface area contributed by atoms with Crippen LogP contribution in [0.3, 0.4) is 0 Å². The number of hydrogen-bond acceptors (Lipinski definition) is 3. The predicted octanol–water partition coefficient (Wildman–Crippen LogP) is 2.81. The lowest BCUT2D eigenvalue weighted by atomic mass is 10.2. The molecular weight excluding hydrogens is 382 g/mol. The van der Waals surface area contributed by atoms with Gasteiger partial charge in [0.25, 0.3) is 5.91 Å². The first-order valence-corrected chi connectivity index (χ1v) is 7.04. The Balaban J connectivity index is 2.79. The average molecular weight is 395 g/mol. The van der Waals surface area contributed by atoms with Crippen molar-refractivity contribution in [3.8, 4) is 5.75 Å². The summed E-state index contributed by atoms with van der Waals surface area (Å²) < 4.78 is 6.30. The normalized spacial score (nSPS) is 10.4. The molecule has 0 spiro atoms. The van der Waals surface area contributed by atoms with Gasteiger partial charge >= 0.3 is 5.97 Å². The highest BCUT2D eigenvalue weighted by atomic mass is 79.9. The number of rotatable bonds is 5. The summed E-state index contributed by atoms with van der Waals surface area (Å²) in [5, 5.41) is 11.6. The van der Waals surface area contributed by atoms with Crippen molar-refractivity contribution < 1.29 is 19.4 Å². The van der Waals surface area contributed by atoms with Gasteiger partial charge in [-0.3, -0.25) is 4.79 Å². The van der Waals surface area contributed by atoms with Crippen molar-refractivity contribution in [3.05, 3.63) is 26.6 Å². The number of benzene rings is 1. The molecule has 7 heteroatoms. The number of carboxylic acids is 1. The Morgan fingerprint density at radius 2 is 1.84 bits per heavy atom. The highest BCUT2D eigenvalue weighted by Crippen LogP contribution is 2.34. The van der Waals surface area contributed by atoms with Crippen molar-refractivity contribution in [3.63, 3.8) is 0 Å². The maximum atomic E-state index is 11.5. The van der Waals surface area contributed by atoms with Crippen LogP contribution in [-0.4, -0.2) is 29.6 Å². The molecular formula is C12H13Br2NO4. The van der Waals surface area contributed by atoms with Gasteiger partial charge in [-0.2, -0.15) is 0 Å². The third-order valence-corrected chi connectivity index (χ3v) is 3.22. The van der Waals surface area contributed by atoms with Gasteiger partial charge in [0.1, 0.15) is 5.75 Å². The van der Waals surface area contributed by atoms with E-state index >= 15 is 0 Å². The van der Waals surface area contributed by atoms with E-state index in [4.69, 9.17) is 9.84 Å². The first kappa shape index (κ1) is 16.0. The van der Waals surface area contributed by atoms with Crippen LogP contribution in [0.5, 0.6) is 5.75 Å². The molecule has 1 amide bonds. The summed E-state index contributed by atoms with van der Waals surface area (Å²) >= 11 is 6.43. The van der Waals surface area contributed by atoms with E-state index in [-0.39, 0.29) is 24.1 Å². The van der Waals surface area contributed by atoms with Crippen molar-refractivity contribution in [1.82, 2.24) is 5.32 Å². The summed E-state index contributed by atoms with van der Waals surface area (Å²) in [6.45, 7) is 3.57. The van der Waals surface area contributed by atoms with Crippen LogP contribution in [0.15, 0.2) is 21.1 Å². The molecule has 1 aromatic rings. The lowest BCUT2D eigenvalue weighted by Gasteiger charge is -2.12.